The summed E-state index contributed by atoms with van der Waals surface area (Å²) in [6.07, 6.45) is -0.367. The van der Waals surface area contributed by atoms with Crippen LogP contribution in [0.15, 0.2) is 30.3 Å². The fourth-order valence-corrected chi connectivity index (χ4v) is 2.42. The fourth-order valence-electron chi connectivity index (χ4n) is 2.42. The van der Waals surface area contributed by atoms with Crippen LogP contribution in [0, 0.1) is 11.8 Å². The first-order valence-electron chi connectivity index (χ1n) is 9.20. The van der Waals surface area contributed by atoms with Crippen LogP contribution in [0.4, 0.5) is 0 Å². The zero-order valence-corrected chi connectivity index (χ0v) is 16.9. The van der Waals surface area contributed by atoms with Crippen LogP contribution in [-0.4, -0.2) is 29.4 Å². The van der Waals surface area contributed by atoms with E-state index in [0.717, 1.165) is 5.56 Å². The molecule has 150 valence electrons. The topological polar surface area (TPSA) is 95.7 Å². The summed E-state index contributed by atoms with van der Waals surface area (Å²) in [5.74, 6) is -2.39. The molecule has 27 heavy (non-hydrogen) atoms. The highest BCUT2D eigenvalue weighted by molar-refractivity contribution is 5.90. The van der Waals surface area contributed by atoms with E-state index in [0.29, 0.717) is 0 Å². The molecular formula is C21H31NO5. The predicted molar refractivity (Wildman–Crippen MR) is 103 cm³/mol. The van der Waals surface area contributed by atoms with E-state index in [9.17, 15) is 14.4 Å². The van der Waals surface area contributed by atoms with Crippen molar-refractivity contribution in [2.45, 2.75) is 65.7 Å². The van der Waals surface area contributed by atoms with Crippen LogP contribution < -0.4 is 5.73 Å². The fraction of sp³-hybridized carbons (Fsp3) is 0.571. The molecule has 6 nitrogen and oxygen atoms in total. The molecule has 2 atom stereocenters. The molecule has 2 N–H and O–H groups in total. The summed E-state index contributed by atoms with van der Waals surface area (Å²) in [6, 6.07) is 8.52. The SMILES string of the molecule is CC(C)[C@H](N)C(=O)C[C@@H](CC(=O)OC(C)(C)C)C(=O)OCc1ccccc1. The van der Waals surface area contributed by atoms with Crippen LogP contribution in [0.3, 0.4) is 0 Å². The second-order valence-corrected chi connectivity index (χ2v) is 8.02. The number of esters is 2. The van der Waals surface area contributed by atoms with Crippen molar-refractivity contribution < 1.29 is 23.9 Å². The minimum absolute atomic E-state index is 0.0555. The Hall–Kier alpha value is -2.21. The molecule has 1 aromatic carbocycles. The van der Waals surface area contributed by atoms with Gasteiger partial charge in [0.1, 0.15) is 12.2 Å². The van der Waals surface area contributed by atoms with E-state index in [2.05, 4.69) is 0 Å². The van der Waals surface area contributed by atoms with Gasteiger partial charge in [0.25, 0.3) is 0 Å². The Morgan fingerprint density at radius 2 is 1.63 bits per heavy atom. The van der Waals surface area contributed by atoms with Gasteiger partial charge in [-0.3, -0.25) is 14.4 Å². The standard InChI is InChI=1S/C21H31NO5/c1-14(2)19(22)17(23)11-16(12-18(24)27-21(3,4)5)20(25)26-13-15-9-7-6-8-10-15/h6-10,14,16,19H,11-13,22H2,1-5H3/t16-,19-/m0/s1. The number of nitrogens with two attached hydrogens (primary N) is 1. The monoisotopic (exact) mass is 377 g/mol. The number of rotatable bonds is 9. The van der Waals surface area contributed by atoms with Crippen molar-refractivity contribution >= 4 is 17.7 Å². The van der Waals surface area contributed by atoms with E-state index < -0.39 is 29.5 Å². The molecule has 0 spiro atoms. The molecule has 0 saturated heterocycles. The Labute approximate surface area is 161 Å². The highest BCUT2D eigenvalue weighted by atomic mass is 16.6. The molecular weight excluding hydrogens is 346 g/mol. The van der Waals surface area contributed by atoms with Gasteiger partial charge in [0.05, 0.1) is 18.4 Å². The molecule has 6 heteroatoms. The molecule has 0 heterocycles. The number of hydrogen-bond donors (Lipinski definition) is 1. The highest BCUT2D eigenvalue weighted by Gasteiger charge is 2.31. The molecule has 0 aliphatic rings. The van der Waals surface area contributed by atoms with Crippen LogP contribution in [0.25, 0.3) is 0 Å². The average Bonchev–Trinajstić information content (AvgIpc) is 2.57. The van der Waals surface area contributed by atoms with E-state index >= 15 is 0 Å². The lowest BCUT2D eigenvalue weighted by atomic mass is 9.91. The molecule has 0 saturated carbocycles. The van der Waals surface area contributed by atoms with Gasteiger partial charge in [0.15, 0.2) is 5.78 Å². The Morgan fingerprint density at radius 3 is 2.15 bits per heavy atom. The van der Waals surface area contributed by atoms with Gasteiger partial charge in [0.2, 0.25) is 0 Å². The van der Waals surface area contributed by atoms with Crippen molar-refractivity contribution in [3.8, 4) is 0 Å². The lowest BCUT2D eigenvalue weighted by Crippen LogP contribution is -2.38. The van der Waals surface area contributed by atoms with Crippen LogP contribution >= 0.6 is 0 Å². The number of hydrogen-bond acceptors (Lipinski definition) is 6. The second kappa shape index (κ2) is 10.2. The van der Waals surface area contributed by atoms with E-state index in [4.69, 9.17) is 15.2 Å². The molecule has 0 amide bonds. The number of ketones is 1. The van der Waals surface area contributed by atoms with Crippen LogP contribution in [-0.2, 0) is 30.5 Å². The van der Waals surface area contributed by atoms with Crippen molar-refractivity contribution in [1.82, 2.24) is 0 Å². The summed E-state index contributed by atoms with van der Waals surface area (Å²) in [5, 5.41) is 0. The molecule has 1 rings (SSSR count). The molecule has 0 unspecified atom stereocenters. The van der Waals surface area contributed by atoms with E-state index in [-0.39, 0.29) is 31.1 Å². The second-order valence-electron chi connectivity index (χ2n) is 8.02. The normalized spacial score (nSPS) is 13.7. The molecule has 0 bridgehead atoms. The van der Waals surface area contributed by atoms with Crippen molar-refractivity contribution in [1.29, 1.82) is 0 Å². The Bertz CT molecular complexity index is 634. The van der Waals surface area contributed by atoms with Crippen LogP contribution in [0.5, 0.6) is 0 Å². The minimum Gasteiger partial charge on any atom is -0.461 e. The van der Waals surface area contributed by atoms with Gasteiger partial charge in [-0.15, -0.1) is 0 Å². The van der Waals surface area contributed by atoms with Gasteiger partial charge in [0, 0.05) is 6.42 Å². The summed E-state index contributed by atoms with van der Waals surface area (Å²) in [5.41, 5.74) is 6.04. The first-order chi connectivity index (χ1) is 12.5. The van der Waals surface area contributed by atoms with Gasteiger partial charge in [-0.25, -0.2) is 0 Å². The highest BCUT2D eigenvalue weighted by Crippen LogP contribution is 2.19. The third-order valence-corrected chi connectivity index (χ3v) is 3.93. The van der Waals surface area contributed by atoms with E-state index in [1.165, 1.54) is 0 Å². The average molecular weight is 377 g/mol. The van der Waals surface area contributed by atoms with Crippen molar-refractivity contribution in [2.75, 3.05) is 0 Å². The molecule has 0 radical (unpaired) electrons. The maximum absolute atomic E-state index is 12.5. The molecule has 0 fully saturated rings. The largest absolute Gasteiger partial charge is 0.461 e. The number of Topliss-reactive ketones (excluding diaryl/α,β-unsaturated/α-hetero) is 1. The lowest BCUT2D eigenvalue weighted by Gasteiger charge is -2.22. The third-order valence-electron chi connectivity index (χ3n) is 3.93. The van der Waals surface area contributed by atoms with Gasteiger partial charge >= 0.3 is 11.9 Å². The predicted octanol–water partition coefficient (Wildman–Crippen LogP) is 3.02. The third kappa shape index (κ3) is 8.82. The Balaban J connectivity index is 2.80. The van der Waals surface area contributed by atoms with Crippen molar-refractivity contribution in [3.05, 3.63) is 35.9 Å². The Morgan fingerprint density at radius 1 is 1.04 bits per heavy atom. The van der Waals surface area contributed by atoms with E-state index in [1.807, 2.05) is 44.2 Å². The smallest absolute Gasteiger partial charge is 0.310 e. The van der Waals surface area contributed by atoms with Crippen molar-refractivity contribution in [2.24, 2.45) is 17.6 Å². The molecule has 0 aliphatic heterocycles. The minimum atomic E-state index is -0.916. The number of ether oxygens (including phenoxy) is 2. The number of benzene rings is 1. The summed E-state index contributed by atoms with van der Waals surface area (Å²) in [6.45, 7) is 8.97. The van der Waals surface area contributed by atoms with Gasteiger partial charge < -0.3 is 15.2 Å². The molecule has 0 aliphatic carbocycles. The van der Waals surface area contributed by atoms with Gasteiger partial charge in [-0.05, 0) is 32.3 Å². The number of carbonyl (C=O) groups excluding carboxylic acids is 3. The zero-order chi connectivity index (χ0) is 20.6. The quantitative estimate of drug-likeness (QED) is 0.665. The Kier molecular flexibility index (Phi) is 8.63. The first-order valence-corrected chi connectivity index (χ1v) is 9.20. The summed E-state index contributed by atoms with van der Waals surface area (Å²) >= 11 is 0. The van der Waals surface area contributed by atoms with Gasteiger partial charge in [-0.1, -0.05) is 44.2 Å². The molecule has 0 aromatic heterocycles. The summed E-state index contributed by atoms with van der Waals surface area (Å²) in [4.78, 5) is 37.0. The van der Waals surface area contributed by atoms with E-state index in [1.54, 1.807) is 20.8 Å². The number of carbonyl (C=O) groups is 3. The maximum atomic E-state index is 12.5. The van der Waals surface area contributed by atoms with Crippen molar-refractivity contribution in [3.63, 3.8) is 0 Å². The first kappa shape index (κ1) is 22.8. The summed E-state index contributed by atoms with van der Waals surface area (Å²) in [7, 11) is 0. The summed E-state index contributed by atoms with van der Waals surface area (Å²) < 4.78 is 10.6. The maximum Gasteiger partial charge on any atom is 0.310 e. The zero-order valence-electron chi connectivity index (χ0n) is 16.9. The molecule has 1 aromatic rings. The van der Waals surface area contributed by atoms with Crippen LogP contribution in [0.1, 0.15) is 53.0 Å². The van der Waals surface area contributed by atoms with Crippen LogP contribution in [0.2, 0.25) is 0 Å². The lowest BCUT2D eigenvalue weighted by molar-refractivity contribution is -0.162. The van der Waals surface area contributed by atoms with Gasteiger partial charge in [-0.2, -0.15) is 0 Å².